The van der Waals surface area contributed by atoms with Crippen LogP contribution in [0.5, 0.6) is 0 Å². The van der Waals surface area contributed by atoms with Gasteiger partial charge in [0.25, 0.3) is 0 Å². The maximum atomic E-state index is 12.2. The summed E-state index contributed by atoms with van der Waals surface area (Å²) < 4.78 is 28.6. The van der Waals surface area contributed by atoms with Crippen molar-refractivity contribution in [2.24, 2.45) is 7.05 Å². The van der Waals surface area contributed by atoms with E-state index in [1.54, 1.807) is 18.7 Å². The van der Waals surface area contributed by atoms with E-state index in [1.807, 2.05) is 20.8 Å². The summed E-state index contributed by atoms with van der Waals surface area (Å²) in [7, 11) is -1.92. The van der Waals surface area contributed by atoms with Gasteiger partial charge in [-0.25, -0.2) is 13.1 Å². The number of nitrogens with zero attached hydrogens (tertiary/aromatic N) is 5. The lowest BCUT2D eigenvalue weighted by atomic mass is 10.1. The van der Waals surface area contributed by atoms with Crippen LogP contribution in [0.3, 0.4) is 0 Å². The quantitative estimate of drug-likeness (QED) is 0.890. The van der Waals surface area contributed by atoms with E-state index in [1.165, 1.54) is 17.2 Å². The summed E-state index contributed by atoms with van der Waals surface area (Å²) >= 11 is 0. The number of nitrogens with one attached hydrogen (secondary N) is 1. The molecule has 0 aliphatic carbocycles. The Morgan fingerprint density at radius 3 is 2.43 bits per heavy atom. The number of aromatic nitrogens is 5. The molecule has 0 unspecified atom stereocenters. The van der Waals surface area contributed by atoms with Crippen molar-refractivity contribution in [3.63, 3.8) is 0 Å². The van der Waals surface area contributed by atoms with Crippen molar-refractivity contribution in [1.29, 1.82) is 0 Å². The largest absolute Gasteiger partial charge is 0.266 e. The average molecular weight is 312 g/mol. The fourth-order valence-corrected chi connectivity index (χ4v) is 2.68. The molecule has 0 atom stereocenters. The Labute approximate surface area is 124 Å². The van der Waals surface area contributed by atoms with Gasteiger partial charge in [-0.3, -0.25) is 4.68 Å². The minimum atomic E-state index is -3.62. The van der Waals surface area contributed by atoms with Crippen molar-refractivity contribution < 1.29 is 8.42 Å². The molecular formula is C12H20N6O2S. The number of rotatable bonds is 4. The number of hydrogen-bond donors (Lipinski definition) is 1. The van der Waals surface area contributed by atoms with Gasteiger partial charge in [0.2, 0.25) is 10.0 Å². The average Bonchev–Trinajstić information content (AvgIpc) is 2.93. The van der Waals surface area contributed by atoms with Gasteiger partial charge in [0.1, 0.15) is 10.6 Å². The molecule has 0 amide bonds. The van der Waals surface area contributed by atoms with Crippen molar-refractivity contribution in [3.8, 4) is 0 Å². The molecule has 0 saturated heterocycles. The molecule has 0 bridgehead atoms. The highest BCUT2D eigenvalue weighted by atomic mass is 32.2. The number of aryl methyl sites for hydroxylation is 2. The summed E-state index contributed by atoms with van der Waals surface area (Å²) in [6.45, 7) is 7.74. The van der Waals surface area contributed by atoms with Gasteiger partial charge in [-0.05, 0) is 27.7 Å². The topological polar surface area (TPSA) is 94.7 Å². The standard InChI is InChI=1S/C12H20N6O2S/c1-9-11(16-17(5)15-9)7-14-21(19,20)10-6-13-18(8-10)12(2,3)4/h6,8,14H,7H2,1-5H3. The normalized spacial score (nSPS) is 12.8. The van der Waals surface area contributed by atoms with Gasteiger partial charge in [-0.1, -0.05) is 0 Å². The highest BCUT2D eigenvalue weighted by Crippen LogP contribution is 2.16. The highest BCUT2D eigenvalue weighted by molar-refractivity contribution is 7.89. The highest BCUT2D eigenvalue weighted by Gasteiger charge is 2.21. The van der Waals surface area contributed by atoms with Crippen LogP contribution in [0, 0.1) is 6.92 Å². The molecule has 116 valence electrons. The molecule has 0 saturated carbocycles. The minimum absolute atomic E-state index is 0.0999. The van der Waals surface area contributed by atoms with Gasteiger partial charge < -0.3 is 0 Å². The van der Waals surface area contributed by atoms with Gasteiger partial charge in [-0.2, -0.15) is 20.1 Å². The zero-order valence-electron chi connectivity index (χ0n) is 12.8. The molecule has 1 N–H and O–H groups in total. The van der Waals surface area contributed by atoms with Crippen LogP contribution in [0.25, 0.3) is 0 Å². The minimum Gasteiger partial charge on any atom is -0.266 e. The fourth-order valence-electron chi connectivity index (χ4n) is 1.77. The molecule has 0 aliphatic rings. The third-order valence-corrected chi connectivity index (χ3v) is 4.32. The number of sulfonamides is 1. The zero-order chi connectivity index (χ0) is 15.8. The number of hydrogen-bond acceptors (Lipinski definition) is 5. The Morgan fingerprint density at radius 1 is 1.29 bits per heavy atom. The lowest BCUT2D eigenvalue weighted by molar-refractivity contribution is 0.355. The molecule has 0 fully saturated rings. The second kappa shape index (κ2) is 5.23. The second-order valence-electron chi connectivity index (χ2n) is 5.84. The van der Waals surface area contributed by atoms with Crippen LogP contribution in [0.4, 0.5) is 0 Å². The molecule has 9 heteroatoms. The molecule has 21 heavy (non-hydrogen) atoms. The Bertz CT molecular complexity index is 738. The molecule has 2 aromatic rings. The third kappa shape index (κ3) is 3.48. The van der Waals surface area contributed by atoms with Crippen molar-refractivity contribution in [3.05, 3.63) is 23.8 Å². The Balaban J connectivity index is 2.15. The van der Waals surface area contributed by atoms with E-state index in [9.17, 15) is 8.42 Å². The van der Waals surface area contributed by atoms with Gasteiger partial charge in [0.05, 0.1) is 24.0 Å². The van der Waals surface area contributed by atoms with E-state index in [0.717, 1.165) is 0 Å². The first kappa shape index (κ1) is 15.6. The summed E-state index contributed by atoms with van der Waals surface area (Å²) in [6.07, 6.45) is 2.86. The first-order valence-corrected chi connectivity index (χ1v) is 7.99. The van der Waals surface area contributed by atoms with E-state index in [2.05, 4.69) is 20.0 Å². The van der Waals surface area contributed by atoms with Gasteiger partial charge in [0.15, 0.2) is 0 Å². The van der Waals surface area contributed by atoms with Crippen molar-refractivity contribution in [2.45, 2.75) is 44.7 Å². The Morgan fingerprint density at radius 2 is 1.95 bits per heavy atom. The molecule has 8 nitrogen and oxygen atoms in total. The molecule has 0 spiro atoms. The lowest BCUT2D eigenvalue weighted by Gasteiger charge is -2.18. The van der Waals surface area contributed by atoms with Crippen LogP contribution < -0.4 is 4.72 Å². The van der Waals surface area contributed by atoms with Crippen molar-refractivity contribution in [1.82, 2.24) is 29.5 Å². The van der Waals surface area contributed by atoms with E-state index in [0.29, 0.717) is 11.4 Å². The molecule has 2 heterocycles. The monoisotopic (exact) mass is 312 g/mol. The molecule has 0 aromatic carbocycles. The van der Waals surface area contributed by atoms with Crippen LogP contribution in [0.2, 0.25) is 0 Å². The Kier molecular flexibility index (Phi) is 3.89. The van der Waals surface area contributed by atoms with E-state index < -0.39 is 10.0 Å². The van der Waals surface area contributed by atoms with E-state index >= 15 is 0 Å². The van der Waals surface area contributed by atoms with Crippen LogP contribution in [-0.2, 0) is 29.2 Å². The molecule has 2 rings (SSSR count). The summed E-state index contributed by atoms with van der Waals surface area (Å²) in [5, 5.41) is 12.3. The lowest BCUT2D eigenvalue weighted by Crippen LogP contribution is -2.24. The predicted octanol–water partition coefficient (Wildman–Crippen LogP) is 0.554. The summed E-state index contributed by atoms with van der Waals surface area (Å²) in [5.41, 5.74) is 1.03. The fraction of sp³-hybridized carbons (Fsp3) is 0.583. The Hall–Kier alpha value is -1.74. The second-order valence-corrected chi connectivity index (χ2v) is 7.60. The molecular weight excluding hydrogens is 292 g/mol. The maximum Gasteiger partial charge on any atom is 0.244 e. The van der Waals surface area contributed by atoms with Crippen LogP contribution in [-0.4, -0.2) is 33.2 Å². The van der Waals surface area contributed by atoms with E-state index in [4.69, 9.17) is 0 Å². The molecule has 2 aromatic heterocycles. The zero-order valence-corrected chi connectivity index (χ0v) is 13.6. The van der Waals surface area contributed by atoms with Crippen LogP contribution >= 0.6 is 0 Å². The third-order valence-electron chi connectivity index (χ3n) is 2.96. The predicted molar refractivity (Wildman–Crippen MR) is 77.0 cm³/mol. The van der Waals surface area contributed by atoms with Gasteiger partial charge in [0, 0.05) is 13.2 Å². The maximum absolute atomic E-state index is 12.2. The smallest absolute Gasteiger partial charge is 0.244 e. The summed E-state index contributed by atoms with van der Waals surface area (Å²) in [4.78, 5) is 1.55. The van der Waals surface area contributed by atoms with Crippen LogP contribution in [0.15, 0.2) is 17.3 Å². The summed E-state index contributed by atoms with van der Waals surface area (Å²) in [6, 6.07) is 0. The van der Waals surface area contributed by atoms with Crippen molar-refractivity contribution >= 4 is 10.0 Å². The van der Waals surface area contributed by atoms with Gasteiger partial charge in [-0.15, -0.1) is 0 Å². The molecule has 0 aliphatic heterocycles. The molecule has 0 radical (unpaired) electrons. The first-order chi connectivity index (χ1) is 9.59. The SMILES string of the molecule is Cc1nn(C)nc1CNS(=O)(=O)c1cnn(C(C)(C)C)c1. The van der Waals surface area contributed by atoms with E-state index in [-0.39, 0.29) is 17.0 Å². The van der Waals surface area contributed by atoms with Gasteiger partial charge >= 0.3 is 0 Å². The summed E-state index contributed by atoms with van der Waals surface area (Å²) in [5.74, 6) is 0. The first-order valence-electron chi connectivity index (χ1n) is 6.51. The van der Waals surface area contributed by atoms with Crippen molar-refractivity contribution in [2.75, 3.05) is 0 Å². The van der Waals surface area contributed by atoms with Crippen LogP contribution in [0.1, 0.15) is 32.2 Å².